The zero-order valence-electron chi connectivity index (χ0n) is 13.3. The maximum atomic E-state index is 12.8. The molecule has 142 valence electrons. The van der Waals surface area contributed by atoms with E-state index in [0.29, 0.717) is 25.0 Å². The van der Waals surface area contributed by atoms with Crippen LogP contribution in [-0.2, 0) is 12.4 Å². The Balaban J connectivity index is 2.94. The van der Waals surface area contributed by atoms with Gasteiger partial charge in [0.2, 0.25) is 0 Å². The third-order valence-corrected chi connectivity index (χ3v) is 3.37. The lowest BCUT2D eigenvalue weighted by atomic mass is 10.0. The Kier molecular flexibility index (Phi) is 6.83. The number of benzene rings is 1. The predicted octanol–water partition coefficient (Wildman–Crippen LogP) is 2.91. The zero-order chi connectivity index (χ0) is 19.4. The number of carbonyl (C=O) groups excluding carboxylic acids is 1. The summed E-state index contributed by atoms with van der Waals surface area (Å²) in [4.78, 5) is 11.9. The number of hydrogen-bond donors (Lipinski definition) is 3. The van der Waals surface area contributed by atoms with Crippen LogP contribution in [0.3, 0.4) is 0 Å². The Morgan fingerprint density at radius 3 is 1.88 bits per heavy atom. The Hall–Kier alpha value is -1.81. The minimum absolute atomic E-state index is 0.0366. The van der Waals surface area contributed by atoms with Crippen LogP contribution in [-0.4, -0.2) is 24.5 Å². The van der Waals surface area contributed by atoms with Crippen molar-refractivity contribution >= 4 is 5.91 Å². The van der Waals surface area contributed by atoms with Gasteiger partial charge in [0.25, 0.3) is 5.91 Å². The molecule has 5 N–H and O–H groups in total. The molecule has 1 aromatic carbocycles. The Morgan fingerprint density at radius 1 is 1.00 bits per heavy atom. The average molecular weight is 371 g/mol. The van der Waals surface area contributed by atoms with E-state index in [9.17, 15) is 31.1 Å². The summed E-state index contributed by atoms with van der Waals surface area (Å²) < 4.78 is 76.6. The maximum absolute atomic E-state index is 12.8. The standard InChI is InChI=1S/C15H19F6N3O/c1-8(22)2-3-12(23)7-24-13(25)9-4-10(14(16,17)18)6-11(5-9)15(19,20)21/h4-6,8,12H,2-3,7,22-23H2,1H3,(H,24,25)/t8?,12-/m0/s1. The molecule has 0 bridgehead atoms. The summed E-state index contributed by atoms with van der Waals surface area (Å²) in [5.74, 6) is -1.06. The summed E-state index contributed by atoms with van der Waals surface area (Å²) in [7, 11) is 0. The quantitative estimate of drug-likeness (QED) is 0.673. The molecule has 1 amide bonds. The number of nitrogens with one attached hydrogen (secondary N) is 1. The van der Waals surface area contributed by atoms with Crippen molar-refractivity contribution in [1.29, 1.82) is 0 Å². The topological polar surface area (TPSA) is 81.1 Å². The molecule has 0 saturated heterocycles. The highest BCUT2D eigenvalue weighted by molar-refractivity contribution is 5.94. The summed E-state index contributed by atoms with van der Waals surface area (Å²) in [5.41, 5.74) is 7.43. The first kappa shape index (κ1) is 21.2. The summed E-state index contributed by atoms with van der Waals surface area (Å²) in [5, 5.41) is 2.24. The van der Waals surface area contributed by atoms with Crippen molar-refractivity contribution in [3.63, 3.8) is 0 Å². The first-order chi connectivity index (χ1) is 11.3. The number of carbonyl (C=O) groups is 1. The highest BCUT2D eigenvalue weighted by Gasteiger charge is 2.37. The molecular formula is C15H19F6N3O. The van der Waals surface area contributed by atoms with Gasteiger partial charge in [0.15, 0.2) is 0 Å². The van der Waals surface area contributed by atoms with Crippen LogP contribution in [0.4, 0.5) is 26.3 Å². The van der Waals surface area contributed by atoms with E-state index in [0.717, 1.165) is 0 Å². The normalized spacial score (nSPS) is 14.9. The van der Waals surface area contributed by atoms with Crippen molar-refractivity contribution in [3.8, 4) is 0 Å². The molecule has 1 unspecified atom stereocenters. The van der Waals surface area contributed by atoms with E-state index in [1.165, 1.54) is 0 Å². The first-order valence-corrected chi connectivity index (χ1v) is 7.39. The molecule has 0 aliphatic carbocycles. The average Bonchev–Trinajstić information content (AvgIpc) is 2.48. The third kappa shape index (κ3) is 6.91. The molecule has 0 aromatic heterocycles. The Labute approximate surface area is 140 Å². The molecule has 0 saturated carbocycles. The van der Waals surface area contributed by atoms with Crippen molar-refractivity contribution in [3.05, 3.63) is 34.9 Å². The lowest BCUT2D eigenvalue weighted by Crippen LogP contribution is -2.38. The molecule has 1 aromatic rings. The highest BCUT2D eigenvalue weighted by Crippen LogP contribution is 2.36. The largest absolute Gasteiger partial charge is 0.416 e. The van der Waals surface area contributed by atoms with Gasteiger partial charge in [-0.15, -0.1) is 0 Å². The van der Waals surface area contributed by atoms with E-state index in [4.69, 9.17) is 11.5 Å². The molecule has 0 aliphatic heterocycles. The number of amides is 1. The molecule has 1 rings (SSSR count). The van der Waals surface area contributed by atoms with E-state index >= 15 is 0 Å². The lowest BCUT2D eigenvalue weighted by Gasteiger charge is -2.16. The predicted molar refractivity (Wildman–Crippen MR) is 79.6 cm³/mol. The van der Waals surface area contributed by atoms with Crippen LogP contribution < -0.4 is 16.8 Å². The van der Waals surface area contributed by atoms with Crippen LogP contribution >= 0.6 is 0 Å². The number of rotatable bonds is 6. The summed E-state index contributed by atoms with van der Waals surface area (Å²) in [6, 6.07) is 0.0868. The van der Waals surface area contributed by atoms with Crippen molar-refractivity contribution in [1.82, 2.24) is 5.32 Å². The smallest absolute Gasteiger partial charge is 0.350 e. The van der Waals surface area contributed by atoms with E-state index < -0.39 is 41.0 Å². The van der Waals surface area contributed by atoms with Crippen molar-refractivity contribution in [2.45, 2.75) is 44.2 Å². The minimum Gasteiger partial charge on any atom is -0.350 e. The van der Waals surface area contributed by atoms with Gasteiger partial charge in [0, 0.05) is 24.2 Å². The monoisotopic (exact) mass is 371 g/mol. The molecular weight excluding hydrogens is 352 g/mol. The van der Waals surface area contributed by atoms with Crippen LogP contribution in [0.1, 0.15) is 41.3 Å². The van der Waals surface area contributed by atoms with Crippen LogP contribution in [0.2, 0.25) is 0 Å². The minimum atomic E-state index is -5.01. The van der Waals surface area contributed by atoms with Gasteiger partial charge >= 0.3 is 12.4 Å². The van der Waals surface area contributed by atoms with Gasteiger partial charge < -0.3 is 16.8 Å². The fraction of sp³-hybridized carbons (Fsp3) is 0.533. The molecule has 0 heterocycles. The molecule has 25 heavy (non-hydrogen) atoms. The molecule has 0 spiro atoms. The fourth-order valence-corrected chi connectivity index (χ4v) is 1.99. The molecule has 4 nitrogen and oxygen atoms in total. The van der Waals surface area contributed by atoms with Crippen LogP contribution in [0, 0.1) is 0 Å². The molecule has 0 aliphatic rings. The molecule has 0 radical (unpaired) electrons. The molecule has 10 heteroatoms. The summed E-state index contributed by atoms with van der Waals surface area (Å²) in [6.07, 6.45) is -9.00. The van der Waals surface area contributed by atoms with E-state index in [-0.39, 0.29) is 18.7 Å². The SMILES string of the molecule is CC(N)CC[C@H](N)CNC(=O)c1cc(C(F)(F)F)cc(C(F)(F)F)c1. The number of halogens is 6. The van der Waals surface area contributed by atoms with E-state index in [1.807, 2.05) is 0 Å². The second-order valence-corrected chi connectivity index (χ2v) is 5.82. The van der Waals surface area contributed by atoms with Crippen LogP contribution in [0.5, 0.6) is 0 Å². The molecule has 2 atom stereocenters. The fourth-order valence-electron chi connectivity index (χ4n) is 1.99. The number of hydrogen-bond acceptors (Lipinski definition) is 3. The Morgan fingerprint density at radius 2 is 1.48 bits per heavy atom. The van der Waals surface area contributed by atoms with Gasteiger partial charge in [-0.25, -0.2) is 0 Å². The van der Waals surface area contributed by atoms with Gasteiger partial charge in [-0.2, -0.15) is 26.3 Å². The van der Waals surface area contributed by atoms with E-state index in [1.54, 1.807) is 6.92 Å². The van der Waals surface area contributed by atoms with Gasteiger partial charge in [-0.05, 0) is 38.0 Å². The van der Waals surface area contributed by atoms with Gasteiger partial charge in [0.05, 0.1) is 11.1 Å². The van der Waals surface area contributed by atoms with Gasteiger partial charge in [-0.1, -0.05) is 0 Å². The highest BCUT2D eigenvalue weighted by atomic mass is 19.4. The number of alkyl halides is 6. The maximum Gasteiger partial charge on any atom is 0.416 e. The van der Waals surface area contributed by atoms with Crippen molar-refractivity contribution in [2.75, 3.05) is 6.54 Å². The number of nitrogens with two attached hydrogens (primary N) is 2. The lowest BCUT2D eigenvalue weighted by molar-refractivity contribution is -0.143. The summed E-state index contributed by atoms with van der Waals surface area (Å²) >= 11 is 0. The van der Waals surface area contributed by atoms with Crippen LogP contribution in [0.15, 0.2) is 18.2 Å². The van der Waals surface area contributed by atoms with E-state index in [2.05, 4.69) is 5.32 Å². The second kappa shape index (κ2) is 8.05. The van der Waals surface area contributed by atoms with Crippen LogP contribution in [0.25, 0.3) is 0 Å². The van der Waals surface area contributed by atoms with Gasteiger partial charge in [0.1, 0.15) is 0 Å². The second-order valence-electron chi connectivity index (χ2n) is 5.82. The van der Waals surface area contributed by atoms with Crippen molar-refractivity contribution < 1.29 is 31.1 Å². The first-order valence-electron chi connectivity index (χ1n) is 7.39. The molecule has 0 fully saturated rings. The third-order valence-electron chi connectivity index (χ3n) is 3.37. The van der Waals surface area contributed by atoms with Gasteiger partial charge in [-0.3, -0.25) is 4.79 Å². The Bertz CT molecular complexity index is 566. The summed E-state index contributed by atoms with van der Waals surface area (Å²) in [6.45, 7) is 1.66. The van der Waals surface area contributed by atoms with Crippen molar-refractivity contribution in [2.24, 2.45) is 11.5 Å². The zero-order valence-corrected chi connectivity index (χ0v) is 13.3.